The van der Waals surface area contributed by atoms with E-state index in [2.05, 4.69) is 35.9 Å². The Morgan fingerprint density at radius 1 is 1.20 bits per heavy atom. The molecule has 0 saturated carbocycles. The number of halogens is 1. The van der Waals surface area contributed by atoms with E-state index in [1.54, 1.807) is 0 Å². The molecule has 3 aromatic rings. The first-order valence-electron chi connectivity index (χ1n) is 9.50. The lowest BCUT2D eigenvalue weighted by Gasteiger charge is -2.05. The molecule has 0 bridgehead atoms. The molecule has 0 radical (unpaired) electrons. The second-order valence-corrected chi connectivity index (χ2v) is 6.38. The Morgan fingerprint density at radius 3 is 2.90 bits per heavy atom. The molecule has 0 unspecified atom stereocenters. The third-order valence-corrected chi connectivity index (χ3v) is 4.17. The predicted octanol–water partition coefficient (Wildman–Crippen LogP) is 1.14. The molecule has 0 aliphatic rings. The van der Waals surface area contributed by atoms with Gasteiger partial charge in [-0.15, -0.1) is 0 Å². The zero-order valence-electron chi connectivity index (χ0n) is 16.3. The quantitative estimate of drug-likeness (QED) is 0.205. The van der Waals surface area contributed by atoms with Crippen molar-refractivity contribution in [1.82, 2.24) is 30.9 Å². The Labute approximate surface area is 172 Å². The van der Waals surface area contributed by atoms with Gasteiger partial charge in [0, 0.05) is 32.3 Å². The van der Waals surface area contributed by atoms with E-state index in [0.29, 0.717) is 13.1 Å². The summed E-state index contributed by atoms with van der Waals surface area (Å²) in [6, 6.07) is 10.6. The van der Waals surface area contributed by atoms with Crippen molar-refractivity contribution in [1.29, 1.82) is 5.41 Å². The molecule has 0 spiro atoms. The van der Waals surface area contributed by atoms with E-state index >= 15 is 0 Å². The van der Waals surface area contributed by atoms with Crippen LogP contribution >= 0.6 is 0 Å². The molecule has 1 aromatic carbocycles. The molecule has 5 N–H and O–H groups in total. The number of aliphatic imine (C=N–C) groups is 1. The summed E-state index contributed by atoms with van der Waals surface area (Å²) in [6.45, 7) is 1.93. The highest BCUT2D eigenvalue weighted by Gasteiger charge is 2.09. The number of carbonyl (C=O) groups is 1. The van der Waals surface area contributed by atoms with Crippen molar-refractivity contribution >= 4 is 29.1 Å². The fourth-order valence-electron chi connectivity index (χ4n) is 2.65. The molecule has 0 fully saturated rings. The van der Waals surface area contributed by atoms with Gasteiger partial charge in [-0.3, -0.25) is 15.2 Å². The maximum Gasteiger partial charge on any atom is 0.288 e. The predicted molar refractivity (Wildman–Crippen MR) is 113 cm³/mol. The van der Waals surface area contributed by atoms with E-state index in [4.69, 9.17) is 5.41 Å². The fourth-order valence-corrected chi connectivity index (χ4v) is 2.65. The molecule has 156 valence electrons. The molecule has 0 aliphatic carbocycles. The number of H-pyrrole nitrogens is 1. The average Bonchev–Trinajstić information content (AvgIpc) is 3.17. The zero-order chi connectivity index (χ0) is 21.2. The lowest BCUT2D eigenvalue weighted by Crippen LogP contribution is -2.31. The van der Waals surface area contributed by atoms with Crippen molar-refractivity contribution in [3.8, 4) is 0 Å². The van der Waals surface area contributed by atoms with Gasteiger partial charge in [-0.25, -0.2) is 14.4 Å². The molecular formula is C20H23FN8O. The highest BCUT2D eigenvalue weighted by atomic mass is 19.1. The molecule has 3 rings (SSSR count). The molecule has 0 saturated heterocycles. The molecule has 1 amide bonds. The minimum atomic E-state index is -0.706. The van der Waals surface area contributed by atoms with Crippen LogP contribution in [0.2, 0.25) is 0 Å². The smallest absolute Gasteiger partial charge is 0.288 e. The first kappa shape index (κ1) is 21.1. The molecule has 2 heterocycles. The highest BCUT2D eigenvalue weighted by Crippen LogP contribution is 2.10. The third-order valence-electron chi connectivity index (χ3n) is 4.17. The standard InChI is InChI=1S/C20H23FN8O/c21-14-4-3-8-25-17(14)12-26-20(30)19(22)27-13-24-11-10-23-9-7-18-28-15-5-1-2-6-16(15)29-18/h1-6,8,13,23H,7,9-12H2,(H,26,30)(H,28,29)(H2,22,24,27). The number of rotatable bonds is 9. The van der Waals surface area contributed by atoms with Gasteiger partial charge in [-0.2, -0.15) is 0 Å². The number of pyridine rings is 1. The van der Waals surface area contributed by atoms with Crippen LogP contribution in [0.4, 0.5) is 4.39 Å². The number of amidine groups is 1. The Hall–Kier alpha value is -3.66. The molecule has 2 aromatic heterocycles. The second kappa shape index (κ2) is 10.8. The number of nitrogens with one attached hydrogen (secondary N) is 5. The highest BCUT2D eigenvalue weighted by molar-refractivity contribution is 6.37. The molecule has 0 atom stereocenters. The monoisotopic (exact) mass is 410 g/mol. The Kier molecular flexibility index (Phi) is 7.56. The van der Waals surface area contributed by atoms with E-state index in [0.717, 1.165) is 29.8 Å². The largest absolute Gasteiger partial charge is 0.375 e. The number of aromatic nitrogens is 3. The van der Waals surface area contributed by atoms with E-state index < -0.39 is 17.6 Å². The maximum absolute atomic E-state index is 13.4. The van der Waals surface area contributed by atoms with E-state index in [1.165, 1.54) is 24.7 Å². The van der Waals surface area contributed by atoms with Crippen molar-refractivity contribution in [2.75, 3.05) is 19.6 Å². The van der Waals surface area contributed by atoms with Gasteiger partial charge >= 0.3 is 0 Å². The van der Waals surface area contributed by atoms with Crippen LogP contribution in [0, 0.1) is 11.2 Å². The SMILES string of the molecule is N=C(/N=C\NCCNCCc1nc2ccccc2[nH]1)C(=O)NCc1ncccc1F. The zero-order valence-corrected chi connectivity index (χ0v) is 16.3. The third kappa shape index (κ3) is 6.17. The van der Waals surface area contributed by atoms with Gasteiger partial charge < -0.3 is 20.9 Å². The minimum Gasteiger partial charge on any atom is -0.375 e. The average molecular weight is 410 g/mol. The summed E-state index contributed by atoms with van der Waals surface area (Å²) in [7, 11) is 0. The summed E-state index contributed by atoms with van der Waals surface area (Å²) in [4.78, 5) is 27.1. The van der Waals surface area contributed by atoms with Crippen LogP contribution in [0.15, 0.2) is 47.6 Å². The van der Waals surface area contributed by atoms with Crippen LogP contribution in [0.25, 0.3) is 11.0 Å². The van der Waals surface area contributed by atoms with E-state index in [1.807, 2.05) is 24.3 Å². The fraction of sp³-hybridized carbons (Fsp3) is 0.250. The molecule has 30 heavy (non-hydrogen) atoms. The van der Waals surface area contributed by atoms with E-state index in [-0.39, 0.29) is 12.2 Å². The van der Waals surface area contributed by atoms with Crippen molar-refractivity contribution in [2.45, 2.75) is 13.0 Å². The number of aromatic amines is 1. The Bertz CT molecular complexity index is 999. The van der Waals surface area contributed by atoms with Crippen LogP contribution in [0.1, 0.15) is 11.5 Å². The van der Waals surface area contributed by atoms with E-state index in [9.17, 15) is 9.18 Å². The number of para-hydroxylation sites is 2. The topological polar surface area (TPSA) is 131 Å². The van der Waals surface area contributed by atoms with Crippen LogP contribution < -0.4 is 16.0 Å². The Morgan fingerprint density at radius 2 is 2.07 bits per heavy atom. The first-order chi connectivity index (χ1) is 14.6. The number of hydrogen-bond donors (Lipinski definition) is 5. The number of nitrogens with zero attached hydrogens (tertiary/aromatic N) is 3. The summed E-state index contributed by atoms with van der Waals surface area (Å²) in [6.07, 6.45) is 3.51. The van der Waals surface area contributed by atoms with Crippen molar-refractivity contribution in [2.24, 2.45) is 4.99 Å². The minimum absolute atomic E-state index is 0.105. The van der Waals surface area contributed by atoms with Gasteiger partial charge in [0.1, 0.15) is 11.6 Å². The Balaban J connectivity index is 1.26. The van der Waals surface area contributed by atoms with Crippen LogP contribution in [-0.4, -0.2) is 52.7 Å². The second-order valence-electron chi connectivity index (χ2n) is 6.38. The van der Waals surface area contributed by atoms with Gasteiger partial charge in [0.15, 0.2) is 0 Å². The van der Waals surface area contributed by atoms with Crippen LogP contribution in [0.3, 0.4) is 0 Å². The van der Waals surface area contributed by atoms with Crippen LogP contribution in [-0.2, 0) is 17.8 Å². The maximum atomic E-state index is 13.4. The lowest BCUT2D eigenvalue weighted by molar-refractivity contribution is -0.115. The van der Waals surface area contributed by atoms with Gasteiger partial charge in [-0.1, -0.05) is 12.1 Å². The number of carbonyl (C=O) groups excluding carboxylic acids is 1. The first-order valence-corrected chi connectivity index (χ1v) is 9.50. The summed E-state index contributed by atoms with van der Waals surface area (Å²) < 4.78 is 13.4. The van der Waals surface area contributed by atoms with Gasteiger partial charge in [0.25, 0.3) is 5.91 Å². The van der Waals surface area contributed by atoms with Crippen LogP contribution in [0.5, 0.6) is 0 Å². The number of hydrogen-bond acceptors (Lipinski definition) is 5. The lowest BCUT2D eigenvalue weighted by atomic mass is 10.3. The number of amides is 1. The summed E-state index contributed by atoms with van der Waals surface area (Å²) in [5, 5.41) is 16.2. The van der Waals surface area contributed by atoms with Crippen molar-refractivity contribution in [3.63, 3.8) is 0 Å². The molecule has 0 aliphatic heterocycles. The number of fused-ring (bicyclic) bond motifs is 1. The van der Waals surface area contributed by atoms with Gasteiger partial charge in [-0.05, 0) is 24.3 Å². The molecule has 9 nitrogen and oxygen atoms in total. The summed E-state index contributed by atoms with van der Waals surface area (Å²) in [5.74, 6) is -0.760. The van der Waals surface area contributed by atoms with Gasteiger partial charge in [0.2, 0.25) is 5.84 Å². The van der Waals surface area contributed by atoms with Crippen molar-refractivity contribution in [3.05, 3.63) is 59.9 Å². The number of imidazole rings is 1. The van der Waals surface area contributed by atoms with Crippen molar-refractivity contribution < 1.29 is 9.18 Å². The normalized spacial score (nSPS) is 11.1. The number of benzene rings is 1. The summed E-state index contributed by atoms with van der Waals surface area (Å²) in [5.41, 5.74) is 2.10. The molecule has 10 heteroatoms. The molecular weight excluding hydrogens is 387 g/mol. The van der Waals surface area contributed by atoms with Gasteiger partial charge in [0.05, 0.1) is 29.6 Å². The summed E-state index contributed by atoms with van der Waals surface area (Å²) >= 11 is 0.